The molecule has 2 nitrogen and oxygen atoms in total. The van der Waals surface area contributed by atoms with Crippen molar-refractivity contribution in [2.24, 2.45) is 0 Å². The van der Waals surface area contributed by atoms with Crippen molar-refractivity contribution >= 4 is 56.1 Å². The second-order valence-electron chi connectivity index (χ2n) is 21.8. The number of allylic oxidation sites excluding steroid dienone is 6. The summed E-state index contributed by atoms with van der Waals surface area (Å²) in [5.41, 5.74) is 19.6. The normalized spacial score (nSPS) is 24.2. The van der Waals surface area contributed by atoms with Crippen molar-refractivity contribution in [2.45, 2.75) is 161 Å². The highest BCUT2D eigenvalue weighted by Crippen LogP contribution is 2.52. The van der Waals surface area contributed by atoms with E-state index in [0.29, 0.717) is 23.7 Å². The molecule has 65 heavy (non-hydrogen) atoms. The molecule has 0 spiro atoms. The highest BCUT2D eigenvalue weighted by molar-refractivity contribution is 7.28. The molecule has 0 saturated carbocycles. The van der Waals surface area contributed by atoms with E-state index in [9.17, 15) is 0 Å². The molecule has 0 aliphatic heterocycles. The second kappa shape index (κ2) is 17.5. The lowest BCUT2D eigenvalue weighted by Gasteiger charge is -2.44. The van der Waals surface area contributed by atoms with Crippen LogP contribution in [0.25, 0.3) is 26.8 Å². The molecule has 5 aliphatic rings. The van der Waals surface area contributed by atoms with Gasteiger partial charge in [0.1, 0.15) is 0 Å². The lowest BCUT2D eigenvalue weighted by atomic mass is 9.62. The molecular formula is C61H70BN2S. The number of anilines is 3. The molecule has 1 heterocycles. The van der Waals surface area contributed by atoms with E-state index in [4.69, 9.17) is 0 Å². The lowest BCUT2D eigenvalue weighted by molar-refractivity contribution is 0.332. The molecule has 4 heteroatoms. The summed E-state index contributed by atoms with van der Waals surface area (Å²) in [4.78, 5) is 2.81. The Bertz CT molecular complexity index is 2790. The van der Waals surface area contributed by atoms with Gasteiger partial charge in [-0.15, -0.1) is 23.4 Å². The third kappa shape index (κ3) is 8.15. The predicted molar refractivity (Wildman–Crippen MR) is 286 cm³/mol. The smallest absolute Gasteiger partial charge is 0.197 e. The Kier molecular flexibility index (Phi) is 11.8. The minimum atomic E-state index is 0.0613. The van der Waals surface area contributed by atoms with Crippen molar-refractivity contribution in [1.82, 2.24) is 0 Å². The Labute approximate surface area is 396 Å². The van der Waals surface area contributed by atoms with Crippen molar-refractivity contribution in [3.63, 3.8) is 0 Å². The highest BCUT2D eigenvalue weighted by atomic mass is 32.1. The minimum Gasteiger partial charge on any atom is -0.355 e. The number of thiophene rings is 1. The first-order valence-corrected chi connectivity index (χ1v) is 25.9. The maximum absolute atomic E-state index is 4.11. The molecule has 4 aromatic carbocycles. The van der Waals surface area contributed by atoms with Gasteiger partial charge in [0.15, 0.2) is 7.28 Å². The van der Waals surface area contributed by atoms with Gasteiger partial charge in [0.2, 0.25) is 0 Å². The van der Waals surface area contributed by atoms with Crippen LogP contribution >= 0.6 is 11.3 Å². The Hall–Kier alpha value is -4.80. The van der Waals surface area contributed by atoms with Crippen LogP contribution in [-0.4, -0.2) is 13.3 Å². The fourth-order valence-corrected chi connectivity index (χ4v) is 13.2. The van der Waals surface area contributed by atoms with Gasteiger partial charge in [-0.3, -0.25) is 0 Å². The Morgan fingerprint density at radius 3 is 2.02 bits per heavy atom. The number of nitrogens with one attached hydrogen (secondary N) is 1. The van der Waals surface area contributed by atoms with Crippen molar-refractivity contribution in [2.75, 3.05) is 10.2 Å². The van der Waals surface area contributed by atoms with E-state index in [0.717, 1.165) is 25.0 Å². The molecule has 0 saturated heterocycles. The van der Waals surface area contributed by atoms with Gasteiger partial charge in [-0.05, 0) is 197 Å². The molecule has 1 aromatic heterocycles. The first-order chi connectivity index (χ1) is 31.3. The third-order valence-corrected chi connectivity index (χ3v) is 17.4. The Morgan fingerprint density at radius 1 is 0.708 bits per heavy atom. The van der Waals surface area contributed by atoms with E-state index in [1.165, 1.54) is 115 Å². The number of benzene rings is 4. The van der Waals surface area contributed by atoms with Crippen molar-refractivity contribution in [1.29, 1.82) is 0 Å². The molecule has 1 radical (unpaired) electrons. The van der Waals surface area contributed by atoms with Gasteiger partial charge < -0.3 is 10.2 Å². The first-order valence-electron chi connectivity index (χ1n) is 25.1. The van der Waals surface area contributed by atoms with Crippen LogP contribution < -0.4 is 15.0 Å². The van der Waals surface area contributed by atoms with E-state index in [1.54, 1.807) is 11.1 Å². The first kappa shape index (κ1) is 44.1. The van der Waals surface area contributed by atoms with Gasteiger partial charge in [0.05, 0.1) is 11.7 Å². The standard InChI is InChI=1S/C61H70BN2S/c1-10-30-62-59-58(52-33-47-39(3)25-27-41(5)49(47)36-57(52)65-59)64(56-37-54-53(60(6,7)28-29-61(54,8)9)34-51(56)43-20-15-12-16-21-43)45-23-17-22-44(31-45)63-55-35-48-40(4)26-24-38(2)46(48)32-50(55)42-18-13-11-14-19-42/h10-11,13-15,17-22,30-41,45,63H,12,16,23-29H2,1-9H3/b30-10+. The van der Waals surface area contributed by atoms with Crippen LogP contribution in [0, 0.1) is 0 Å². The number of hydrogen-bond donors (Lipinski definition) is 1. The van der Waals surface area contributed by atoms with E-state index in [-0.39, 0.29) is 16.9 Å². The number of nitrogens with zero attached hydrogens (tertiary/aromatic N) is 1. The minimum absolute atomic E-state index is 0.0613. The largest absolute Gasteiger partial charge is 0.355 e. The average molecular weight is 874 g/mol. The van der Waals surface area contributed by atoms with Gasteiger partial charge in [-0.25, -0.2) is 0 Å². The molecule has 0 bridgehead atoms. The maximum atomic E-state index is 4.11. The van der Waals surface area contributed by atoms with Gasteiger partial charge >= 0.3 is 0 Å². The molecule has 1 N–H and O–H groups in total. The van der Waals surface area contributed by atoms with Crippen LogP contribution in [0.15, 0.2) is 121 Å². The third-order valence-electron chi connectivity index (χ3n) is 16.3. The van der Waals surface area contributed by atoms with Crippen LogP contribution in [0.3, 0.4) is 0 Å². The zero-order valence-electron chi connectivity index (χ0n) is 40.7. The van der Waals surface area contributed by atoms with E-state index in [2.05, 4.69) is 195 Å². The average Bonchev–Trinajstić information content (AvgIpc) is 3.66. The lowest BCUT2D eigenvalue weighted by Crippen LogP contribution is -2.37. The summed E-state index contributed by atoms with van der Waals surface area (Å²) in [6.07, 6.45) is 27.3. The summed E-state index contributed by atoms with van der Waals surface area (Å²) in [5.74, 6) is 4.49. The number of hydrogen-bond acceptors (Lipinski definition) is 3. The Morgan fingerprint density at radius 2 is 1.35 bits per heavy atom. The van der Waals surface area contributed by atoms with Gasteiger partial charge in [-0.2, -0.15) is 0 Å². The molecular weight excluding hydrogens is 804 g/mol. The highest BCUT2D eigenvalue weighted by Gasteiger charge is 2.40. The zero-order chi connectivity index (χ0) is 45.2. The Balaban J connectivity index is 1.22. The summed E-state index contributed by atoms with van der Waals surface area (Å²) in [7, 11) is 2.40. The van der Waals surface area contributed by atoms with Crippen molar-refractivity contribution in [3.8, 4) is 11.1 Å². The van der Waals surface area contributed by atoms with E-state index < -0.39 is 0 Å². The van der Waals surface area contributed by atoms with Crippen LogP contribution in [0.5, 0.6) is 0 Å². The monoisotopic (exact) mass is 874 g/mol. The molecule has 10 rings (SSSR count). The fraction of sp³-hybridized carbons (Fsp3) is 0.410. The molecule has 0 amide bonds. The van der Waals surface area contributed by atoms with Crippen LogP contribution in [0.2, 0.25) is 0 Å². The quantitative estimate of drug-likeness (QED) is 0.148. The molecule has 0 fully saturated rings. The van der Waals surface area contributed by atoms with Crippen LogP contribution in [0.1, 0.15) is 183 Å². The molecule has 5 atom stereocenters. The summed E-state index contributed by atoms with van der Waals surface area (Å²) in [6.45, 7) is 21.8. The topological polar surface area (TPSA) is 15.3 Å². The second-order valence-corrected chi connectivity index (χ2v) is 22.9. The summed E-state index contributed by atoms with van der Waals surface area (Å²) in [5, 5.41) is 5.51. The van der Waals surface area contributed by atoms with Crippen molar-refractivity contribution < 1.29 is 0 Å². The molecule has 333 valence electrons. The SMILES string of the molecule is C/C=C/[B]c1sc2cc3c(cc2c1N(c1cc2c(cc1C1=CCCC=C1)C(C)(C)CCC2(C)C)C1C=C(Nc2cc4c(cc2-c2ccccc2)C(C)CCC4C)C=CC1)C(C)CCC3C. The molecule has 5 aliphatic carbocycles. The van der Waals surface area contributed by atoms with Crippen LogP contribution in [0.4, 0.5) is 17.1 Å². The number of fused-ring (bicyclic) bond motifs is 4. The zero-order valence-corrected chi connectivity index (χ0v) is 41.5. The molecule has 5 unspecified atom stereocenters. The number of rotatable bonds is 9. The van der Waals surface area contributed by atoms with E-state index >= 15 is 0 Å². The summed E-state index contributed by atoms with van der Waals surface area (Å²) in [6, 6.07) is 26.6. The molecule has 5 aromatic rings. The van der Waals surface area contributed by atoms with Gasteiger partial charge in [0, 0.05) is 38.3 Å². The van der Waals surface area contributed by atoms with E-state index in [1.807, 2.05) is 11.3 Å². The van der Waals surface area contributed by atoms with Crippen molar-refractivity contribution in [3.05, 3.63) is 160 Å². The predicted octanol–water partition coefficient (Wildman–Crippen LogP) is 17.0. The van der Waals surface area contributed by atoms with Crippen LogP contribution in [-0.2, 0) is 10.8 Å². The fourth-order valence-electron chi connectivity index (χ4n) is 12.0. The maximum Gasteiger partial charge on any atom is 0.197 e. The van der Waals surface area contributed by atoms with Gasteiger partial charge in [0.25, 0.3) is 0 Å². The van der Waals surface area contributed by atoms with Gasteiger partial charge in [-0.1, -0.05) is 110 Å². The summed E-state index contributed by atoms with van der Waals surface area (Å²) >= 11 is 1.98. The summed E-state index contributed by atoms with van der Waals surface area (Å²) < 4.78 is 2.73.